The lowest BCUT2D eigenvalue weighted by atomic mass is 10.3. The van der Waals surface area contributed by atoms with Gasteiger partial charge in [-0.3, -0.25) is 0 Å². The molecular formula is C14H16ClIN4. The molecule has 0 fully saturated rings. The third kappa shape index (κ3) is 3.96. The van der Waals surface area contributed by atoms with E-state index in [-0.39, 0.29) is 0 Å². The van der Waals surface area contributed by atoms with E-state index < -0.39 is 0 Å². The molecule has 1 aromatic heterocycles. The molecule has 0 aliphatic carbocycles. The Morgan fingerprint density at radius 2 is 1.90 bits per heavy atom. The molecule has 20 heavy (non-hydrogen) atoms. The fraction of sp³-hybridized carbons (Fsp3) is 0.286. The predicted molar refractivity (Wildman–Crippen MR) is 93.0 cm³/mol. The van der Waals surface area contributed by atoms with Crippen LogP contribution in [0.5, 0.6) is 0 Å². The number of benzene rings is 1. The van der Waals surface area contributed by atoms with E-state index in [4.69, 9.17) is 11.6 Å². The van der Waals surface area contributed by atoms with Crippen LogP contribution >= 0.6 is 34.2 Å². The van der Waals surface area contributed by atoms with Gasteiger partial charge in [-0.25, -0.2) is 9.97 Å². The first-order chi connectivity index (χ1) is 9.62. The van der Waals surface area contributed by atoms with Gasteiger partial charge in [0.2, 0.25) is 0 Å². The molecule has 106 valence electrons. The van der Waals surface area contributed by atoms with E-state index in [9.17, 15) is 0 Å². The van der Waals surface area contributed by atoms with E-state index in [2.05, 4.69) is 43.2 Å². The first-order valence-corrected chi connectivity index (χ1v) is 7.92. The van der Waals surface area contributed by atoms with Crippen molar-refractivity contribution in [2.24, 2.45) is 0 Å². The van der Waals surface area contributed by atoms with E-state index in [1.807, 2.05) is 38.1 Å². The standard InChI is InChI=1S/C14H16ClIN4/c1-3-12-19-13(17-4-2)8-14(20-12)18-11-6-5-9(16)7-10(11)15/h5-8H,3-4H2,1-2H3,(H2,17,18,19,20). The first kappa shape index (κ1) is 15.3. The molecule has 2 N–H and O–H groups in total. The van der Waals surface area contributed by atoms with Crippen molar-refractivity contribution in [1.29, 1.82) is 0 Å². The van der Waals surface area contributed by atoms with Crippen molar-refractivity contribution in [3.63, 3.8) is 0 Å². The van der Waals surface area contributed by atoms with Crippen molar-refractivity contribution in [2.45, 2.75) is 20.3 Å². The summed E-state index contributed by atoms with van der Waals surface area (Å²) in [6.07, 6.45) is 0.786. The molecule has 0 aliphatic rings. The zero-order valence-electron chi connectivity index (χ0n) is 11.4. The zero-order valence-corrected chi connectivity index (χ0v) is 14.3. The lowest BCUT2D eigenvalue weighted by Gasteiger charge is -2.11. The number of aryl methyl sites for hydroxylation is 1. The van der Waals surface area contributed by atoms with Gasteiger partial charge in [-0.1, -0.05) is 18.5 Å². The number of aromatic nitrogens is 2. The summed E-state index contributed by atoms with van der Waals surface area (Å²) in [5.74, 6) is 2.37. The highest BCUT2D eigenvalue weighted by Gasteiger charge is 2.06. The topological polar surface area (TPSA) is 49.8 Å². The van der Waals surface area contributed by atoms with E-state index in [0.29, 0.717) is 5.02 Å². The largest absolute Gasteiger partial charge is 0.370 e. The van der Waals surface area contributed by atoms with Crippen LogP contribution in [0.15, 0.2) is 24.3 Å². The van der Waals surface area contributed by atoms with Crippen molar-refractivity contribution in [3.05, 3.63) is 38.7 Å². The minimum absolute atomic E-state index is 0.679. The van der Waals surface area contributed by atoms with Gasteiger partial charge in [-0.15, -0.1) is 0 Å². The van der Waals surface area contributed by atoms with E-state index in [0.717, 1.165) is 39.7 Å². The quantitative estimate of drug-likeness (QED) is 0.724. The van der Waals surface area contributed by atoms with Crippen LogP contribution in [-0.2, 0) is 6.42 Å². The third-order valence-corrected chi connectivity index (χ3v) is 3.62. The van der Waals surface area contributed by atoms with Crippen LogP contribution in [0.2, 0.25) is 5.02 Å². The smallest absolute Gasteiger partial charge is 0.136 e. The molecule has 1 heterocycles. The van der Waals surface area contributed by atoms with Crippen molar-refractivity contribution in [1.82, 2.24) is 9.97 Å². The third-order valence-electron chi connectivity index (χ3n) is 2.64. The molecule has 0 saturated heterocycles. The van der Waals surface area contributed by atoms with Crippen LogP contribution in [0.25, 0.3) is 0 Å². The molecule has 2 aromatic rings. The summed E-state index contributed by atoms with van der Waals surface area (Å²) in [5, 5.41) is 7.13. The number of nitrogens with one attached hydrogen (secondary N) is 2. The number of hydrogen-bond acceptors (Lipinski definition) is 4. The normalized spacial score (nSPS) is 10.4. The van der Waals surface area contributed by atoms with Gasteiger partial charge in [0.1, 0.15) is 17.5 Å². The molecule has 0 spiro atoms. The van der Waals surface area contributed by atoms with Gasteiger partial charge in [0.25, 0.3) is 0 Å². The monoisotopic (exact) mass is 402 g/mol. The Bertz CT molecular complexity index is 604. The van der Waals surface area contributed by atoms with E-state index in [1.54, 1.807) is 0 Å². The number of anilines is 3. The molecule has 0 amide bonds. The zero-order chi connectivity index (χ0) is 14.5. The highest BCUT2D eigenvalue weighted by molar-refractivity contribution is 14.1. The summed E-state index contributed by atoms with van der Waals surface area (Å²) in [7, 11) is 0. The number of nitrogens with zero attached hydrogens (tertiary/aromatic N) is 2. The fourth-order valence-electron chi connectivity index (χ4n) is 1.72. The fourth-order valence-corrected chi connectivity index (χ4v) is 2.62. The Morgan fingerprint density at radius 3 is 2.55 bits per heavy atom. The SMILES string of the molecule is CCNc1cc(Nc2ccc(I)cc2Cl)nc(CC)n1. The van der Waals surface area contributed by atoms with Crippen molar-refractivity contribution >= 4 is 51.5 Å². The van der Waals surface area contributed by atoms with Gasteiger partial charge in [-0.05, 0) is 47.7 Å². The molecule has 0 radical (unpaired) electrons. The van der Waals surface area contributed by atoms with Crippen LogP contribution in [0.1, 0.15) is 19.7 Å². The van der Waals surface area contributed by atoms with E-state index in [1.165, 1.54) is 0 Å². The predicted octanol–water partition coefficient (Wildman–Crippen LogP) is 4.47. The van der Waals surface area contributed by atoms with Gasteiger partial charge < -0.3 is 10.6 Å². The Balaban J connectivity index is 2.29. The molecule has 0 saturated carbocycles. The van der Waals surface area contributed by atoms with Gasteiger partial charge in [0, 0.05) is 22.6 Å². The second kappa shape index (κ2) is 7.08. The highest BCUT2D eigenvalue weighted by atomic mass is 127. The maximum atomic E-state index is 6.23. The maximum absolute atomic E-state index is 6.23. The maximum Gasteiger partial charge on any atom is 0.136 e. The molecule has 0 aliphatic heterocycles. The van der Waals surface area contributed by atoms with Crippen molar-refractivity contribution in [3.8, 4) is 0 Å². The molecule has 4 nitrogen and oxygen atoms in total. The second-order valence-corrected chi connectivity index (χ2v) is 5.84. The van der Waals surface area contributed by atoms with Gasteiger partial charge >= 0.3 is 0 Å². The molecule has 0 bridgehead atoms. The Kier molecular flexibility index (Phi) is 5.42. The van der Waals surface area contributed by atoms with Gasteiger partial charge in [0.15, 0.2) is 0 Å². The first-order valence-electron chi connectivity index (χ1n) is 6.46. The van der Waals surface area contributed by atoms with Gasteiger partial charge in [-0.2, -0.15) is 0 Å². The summed E-state index contributed by atoms with van der Waals surface area (Å²) in [6, 6.07) is 7.75. The molecule has 1 aromatic carbocycles. The van der Waals surface area contributed by atoms with Crippen LogP contribution in [0.3, 0.4) is 0 Å². The van der Waals surface area contributed by atoms with E-state index >= 15 is 0 Å². The summed E-state index contributed by atoms with van der Waals surface area (Å²) in [6.45, 7) is 4.90. The molecule has 0 unspecified atom stereocenters. The number of hydrogen-bond donors (Lipinski definition) is 2. The molecule has 0 atom stereocenters. The molecular weight excluding hydrogens is 387 g/mol. The van der Waals surface area contributed by atoms with Crippen LogP contribution in [0, 0.1) is 3.57 Å². The Hall–Kier alpha value is -1.08. The average molecular weight is 403 g/mol. The van der Waals surface area contributed by atoms with Gasteiger partial charge in [0.05, 0.1) is 10.7 Å². The highest BCUT2D eigenvalue weighted by Crippen LogP contribution is 2.27. The van der Waals surface area contributed by atoms with Crippen LogP contribution < -0.4 is 10.6 Å². The summed E-state index contributed by atoms with van der Waals surface area (Å²) in [4.78, 5) is 8.89. The molecule has 6 heteroatoms. The minimum Gasteiger partial charge on any atom is -0.370 e. The van der Waals surface area contributed by atoms with Crippen molar-refractivity contribution < 1.29 is 0 Å². The molecule has 2 rings (SSSR count). The van der Waals surface area contributed by atoms with Crippen LogP contribution in [0.4, 0.5) is 17.3 Å². The number of halogens is 2. The number of rotatable bonds is 5. The lowest BCUT2D eigenvalue weighted by molar-refractivity contribution is 0.939. The second-order valence-electron chi connectivity index (χ2n) is 4.19. The lowest BCUT2D eigenvalue weighted by Crippen LogP contribution is -2.05. The minimum atomic E-state index is 0.679. The van der Waals surface area contributed by atoms with Crippen molar-refractivity contribution in [2.75, 3.05) is 17.2 Å². The van der Waals surface area contributed by atoms with Crippen LogP contribution in [-0.4, -0.2) is 16.5 Å². The summed E-state index contributed by atoms with van der Waals surface area (Å²) in [5.41, 5.74) is 0.843. The average Bonchev–Trinajstić information content (AvgIpc) is 2.42. The Labute approximate surface area is 137 Å². The summed E-state index contributed by atoms with van der Waals surface area (Å²) >= 11 is 8.46. The summed E-state index contributed by atoms with van der Waals surface area (Å²) < 4.78 is 1.10. The Morgan fingerprint density at radius 1 is 1.15 bits per heavy atom.